The Morgan fingerprint density at radius 2 is 2.00 bits per heavy atom. The molecule has 3 heteroatoms. The Bertz CT molecular complexity index is 500. The largest absolute Gasteiger partial charge is 0.296 e. The maximum Gasteiger partial charge on any atom is 0.168 e. The van der Waals surface area contributed by atoms with Gasteiger partial charge in [0.05, 0.1) is 5.69 Å². The molecule has 17 heavy (non-hydrogen) atoms. The minimum Gasteiger partial charge on any atom is -0.296 e. The molecule has 2 aromatic rings. The fourth-order valence-electron chi connectivity index (χ4n) is 1.77. The number of rotatable bonds is 4. The van der Waals surface area contributed by atoms with E-state index in [1.807, 2.05) is 36.4 Å². The summed E-state index contributed by atoms with van der Waals surface area (Å²) < 4.78 is 1.78. The SMILES string of the molecule is CC(C)Cn1nc(-c2ccccc2)cc1C=O. The van der Waals surface area contributed by atoms with Gasteiger partial charge in [-0.3, -0.25) is 9.48 Å². The molecule has 0 saturated heterocycles. The lowest BCUT2D eigenvalue weighted by molar-refractivity contribution is 0.111. The van der Waals surface area contributed by atoms with E-state index in [9.17, 15) is 4.79 Å². The molecule has 0 spiro atoms. The highest BCUT2D eigenvalue weighted by Crippen LogP contribution is 2.18. The Hall–Kier alpha value is -1.90. The van der Waals surface area contributed by atoms with Crippen molar-refractivity contribution in [3.05, 3.63) is 42.1 Å². The minimum absolute atomic E-state index is 0.470. The Labute approximate surface area is 101 Å². The van der Waals surface area contributed by atoms with E-state index in [1.165, 1.54) is 0 Å². The maximum absolute atomic E-state index is 11.0. The standard InChI is InChI=1S/C14H16N2O/c1-11(2)9-16-13(10-17)8-14(15-16)12-6-4-3-5-7-12/h3-8,10-11H,9H2,1-2H3. The van der Waals surface area contributed by atoms with Crippen molar-refractivity contribution in [2.75, 3.05) is 0 Å². The van der Waals surface area contributed by atoms with Gasteiger partial charge in [0.25, 0.3) is 0 Å². The summed E-state index contributed by atoms with van der Waals surface area (Å²) in [5, 5.41) is 4.48. The van der Waals surface area contributed by atoms with Crippen molar-refractivity contribution in [3.8, 4) is 11.3 Å². The van der Waals surface area contributed by atoms with Gasteiger partial charge in [-0.25, -0.2) is 0 Å². The Morgan fingerprint density at radius 3 is 2.59 bits per heavy atom. The number of aldehydes is 1. The molecule has 0 aliphatic heterocycles. The Kier molecular flexibility index (Phi) is 3.38. The van der Waals surface area contributed by atoms with Crippen LogP contribution in [0.5, 0.6) is 0 Å². The maximum atomic E-state index is 11.0. The van der Waals surface area contributed by atoms with Crippen LogP contribution in [0.15, 0.2) is 36.4 Å². The Balaban J connectivity index is 2.37. The zero-order valence-electron chi connectivity index (χ0n) is 10.1. The first-order valence-electron chi connectivity index (χ1n) is 5.79. The lowest BCUT2D eigenvalue weighted by Gasteiger charge is -2.05. The zero-order chi connectivity index (χ0) is 12.3. The third-order valence-electron chi connectivity index (χ3n) is 2.54. The second-order valence-corrected chi connectivity index (χ2v) is 4.51. The molecule has 0 N–H and O–H groups in total. The molecular formula is C14H16N2O. The third-order valence-corrected chi connectivity index (χ3v) is 2.54. The fourth-order valence-corrected chi connectivity index (χ4v) is 1.77. The van der Waals surface area contributed by atoms with E-state index in [0.717, 1.165) is 24.1 Å². The van der Waals surface area contributed by atoms with Gasteiger partial charge in [-0.1, -0.05) is 44.2 Å². The summed E-state index contributed by atoms with van der Waals surface area (Å²) in [6.07, 6.45) is 0.863. The highest BCUT2D eigenvalue weighted by molar-refractivity contribution is 5.75. The third kappa shape index (κ3) is 2.61. The average Bonchev–Trinajstić information content (AvgIpc) is 2.72. The number of carbonyl (C=O) groups is 1. The lowest BCUT2D eigenvalue weighted by Crippen LogP contribution is -2.09. The van der Waals surface area contributed by atoms with Crippen molar-refractivity contribution in [2.45, 2.75) is 20.4 Å². The van der Waals surface area contributed by atoms with Crippen molar-refractivity contribution in [2.24, 2.45) is 5.92 Å². The highest BCUT2D eigenvalue weighted by atomic mass is 16.1. The van der Waals surface area contributed by atoms with Crippen molar-refractivity contribution >= 4 is 6.29 Å². The molecule has 0 radical (unpaired) electrons. The molecular weight excluding hydrogens is 212 g/mol. The van der Waals surface area contributed by atoms with Crippen LogP contribution in [-0.4, -0.2) is 16.1 Å². The van der Waals surface area contributed by atoms with Crippen LogP contribution in [-0.2, 0) is 6.54 Å². The first-order valence-corrected chi connectivity index (χ1v) is 5.79. The van der Waals surface area contributed by atoms with E-state index in [1.54, 1.807) is 4.68 Å². The molecule has 3 nitrogen and oxygen atoms in total. The molecule has 0 bridgehead atoms. The summed E-state index contributed by atoms with van der Waals surface area (Å²) in [5.74, 6) is 0.470. The first-order chi connectivity index (χ1) is 8.20. The van der Waals surface area contributed by atoms with Crippen LogP contribution in [0.1, 0.15) is 24.3 Å². The van der Waals surface area contributed by atoms with E-state index >= 15 is 0 Å². The highest BCUT2D eigenvalue weighted by Gasteiger charge is 2.09. The van der Waals surface area contributed by atoms with E-state index in [2.05, 4.69) is 18.9 Å². The molecule has 1 aromatic carbocycles. The number of hydrogen-bond donors (Lipinski definition) is 0. The van der Waals surface area contributed by atoms with Gasteiger partial charge in [0.15, 0.2) is 6.29 Å². The molecule has 0 fully saturated rings. The number of hydrogen-bond acceptors (Lipinski definition) is 2. The van der Waals surface area contributed by atoms with Crippen LogP contribution in [0, 0.1) is 5.92 Å². The van der Waals surface area contributed by atoms with E-state index in [-0.39, 0.29) is 0 Å². The van der Waals surface area contributed by atoms with E-state index in [0.29, 0.717) is 11.6 Å². The molecule has 0 aliphatic carbocycles. The fraction of sp³-hybridized carbons (Fsp3) is 0.286. The van der Waals surface area contributed by atoms with Crippen LogP contribution in [0.4, 0.5) is 0 Å². The van der Waals surface area contributed by atoms with E-state index < -0.39 is 0 Å². The number of benzene rings is 1. The van der Waals surface area contributed by atoms with Crippen LogP contribution in [0.25, 0.3) is 11.3 Å². The molecule has 2 rings (SSSR count). The van der Waals surface area contributed by atoms with E-state index in [4.69, 9.17) is 0 Å². The Morgan fingerprint density at radius 1 is 1.29 bits per heavy atom. The quantitative estimate of drug-likeness (QED) is 0.754. The number of nitrogens with zero attached hydrogens (tertiary/aromatic N) is 2. The van der Waals surface area contributed by atoms with Gasteiger partial charge in [-0.2, -0.15) is 5.10 Å². The molecule has 0 amide bonds. The summed E-state index contributed by atoms with van der Waals surface area (Å²) in [7, 11) is 0. The normalized spacial score (nSPS) is 10.8. The van der Waals surface area contributed by atoms with Crippen LogP contribution in [0.2, 0.25) is 0 Å². The minimum atomic E-state index is 0.470. The second-order valence-electron chi connectivity index (χ2n) is 4.51. The number of carbonyl (C=O) groups excluding carboxylic acids is 1. The van der Waals surface area contributed by atoms with Crippen molar-refractivity contribution in [1.82, 2.24) is 9.78 Å². The van der Waals surface area contributed by atoms with Crippen LogP contribution >= 0.6 is 0 Å². The second kappa shape index (κ2) is 4.95. The molecule has 0 unspecified atom stereocenters. The van der Waals surface area contributed by atoms with Gasteiger partial charge in [0.2, 0.25) is 0 Å². The molecule has 1 heterocycles. The predicted molar refractivity (Wildman–Crippen MR) is 67.9 cm³/mol. The molecule has 0 aliphatic rings. The summed E-state index contributed by atoms with van der Waals surface area (Å²) in [6, 6.07) is 11.7. The predicted octanol–water partition coefficient (Wildman–Crippen LogP) is 3.02. The molecule has 88 valence electrons. The van der Waals surface area contributed by atoms with Gasteiger partial charge < -0.3 is 0 Å². The van der Waals surface area contributed by atoms with Gasteiger partial charge in [0, 0.05) is 12.1 Å². The zero-order valence-corrected chi connectivity index (χ0v) is 10.1. The van der Waals surface area contributed by atoms with Crippen molar-refractivity contribution in [1.29, 1.82) is 0 Å². The number of aromatic nitrogens is 2. The topological polar surface area (TPSA) is 34.9 Å². The first kappa shape index (κ1) is 11.6. The van der Waals surface area contributed by atoms with Crippen molar-refractivity contribution < 1.29 is 4.79 Å². The smallest absolute Gasteiger partial charge is 0.168 e. The van der Waals surface area contributed by atoms with Crippen LogP contribution < -0.4 is 0 Å². The molecule has 1 aromatic heterocycles. The summed E-state index contributed by atoms with van der Waals surface area (Å²) in [5.41, 5.74) is 2.53. The monoisotopic (exact) mass is 228 g/mol. The summed E-state index contributed by atoms with van der Waals surface area (Å²) in [6.45, 7) is 4.98. The van der Waals surface area contributed by atoms with Gasteiger partial charge in [-0.05, 0) is 12.0 Å². The van der Waals surface area contributed by atoms with Crippen molar-refractivity contribution in [3.63, 3.8) is 0 Å². The lowest BCUT2D eigenvalue weighted by atomic mass is 10.1. The van der Waals surface area contributed by atoms with Gasteiger partial charge in [-0.15, -0.1) is 0 Å². The van der Waals surface area contributed by atoms with Crippen LogP contribution in [0.3, 0.4) is 0 Å². The average molecular weight is 228 g/mol. The van der Waals surface area contributed by atoms with Gasteiger partial charge >= 0.3 is 0 Å². The summed E-state index contributed by atoms with van der Waals surface area (Å²) >= 11 is 0. The molecule has 0 saturated carbocycles. The van der Waals surface area contributed by atoms with Gasteiger partial charge in [0.1, 0.15) is 5.69 Å². The summed E-state index contributed by atoms with van der Waals surface area (Å²) in [4.78, 5) is 11.0. The molecule has 0 atom stereocenters.